The molecule has 2 aromatic rings. The van der Waals surface area contributed by atoms with E-state index >= 15 is 0 Å². The lowest BCUT2D eigenvalue weighted by Crippen LogP contribution is -2.67. The first-order valence-corrected chi connectivity index (χ1v) is 9.69. The summed E-state index contributed by atoms with van der Waals surface area (Å²) < 4.78 is 6.88. The smallest absolute Gasteiger partial charge is 0.206 e. The van der Waals surface area contributed by atoms with Crippen molar-refractivity contribution >= 4 is 62.7 Å². The van der Waals surface area contributed by atoms with Gasteiger partial charge in [0, 0.05) is 22.6 Å². The average Bonchev–Trinajstić information content (AvgIpc) is 3.13. The van der Waals surface area contributed by atoms with Crippen LogP contribution in [-0.2, 0) is 19.1 Å². The first kappa shape index (κ1) is 22.1. The number of hydrogen-bond donors (Lipinski definition) is 3. The van der Waals surface area contributed by atoms with Crippen LogP contribution in [0.3, 0.4) is 0 Å². The highest BCUT2D eigenvalue weighted by Gasteiger charge is 2.73. The summed E-state index contributed by atoms with van der Waals surface area (Å²) in [6.45, 7) is 2.86. The fourth-order valence-electron chi connectivity index (χ4n) is 3.46. The molecule has 29 heavy (non-hydrogen) atoms. The van der Waals surface area contributed by atoms with E-state index in [1.165, 1.54) is 0 Å². The van der Waals surface area contributed by atoms with Gasteiger partial charge in [-0.1, -0.05) is 11.6 Å². The summed E-state index contributed by atoms with van der Waals surface area (Å²) in [6.07, 6.45) is -4.54. The van der Waals surface area contributed by atoms with Gasteiger partial charge in [0.1, 0.15) is 17.7 Å². The molecule has 2 aromatic heterocycles. The Hall–Kier alpha value is -1.58. The quantitative estimate of drug-likeness (QED) is 0.258. The Morgan fingerprint density at radius 3 is 2.31 bits per heavy atom. The Morgan fingerprint density at radius 1 is 1.21 bits per heavy atom. The Bertz CT molecular complexity index is 1050. The van der Waals surface area contributed by atoms with Crippen LogP contribution in [0.2, 0.25) is 5.15 Å². The van der Waals surface area contributed by atoms with E-state index in [0.717, 1.165) is 31.7 Å². The summed E-state index contributed by atoms with van der Waals surface area (Å²) in [7, 11) is 0. The van der Waals surface area contributed by atoms with Crippen LogP contribution in [0.1, 0.15) is 27.0 Å². The maximum atomic E-state index is 12.5. The van der Waals surface area contributed by atoms with Gasteiger partial charge in [-0.15, -0.1) is 0 Å². The number of fused-ring (bicyclic) bond motifs is 1. The molecule has 0 spiro atoms. The van der Waals surface area contributed by atoms with E-state index in [-0.39, 0.29) is 20.1 Å². The van der Waals surface area contributed by atoms with Crippen molar-refractivity contribution in [1.29, 1.82) is 0 Å². The fourth-order valence-corrected chi connectivity index (χ4v) is 4.29. The van der Waals surface area contributed by atoms with Crippen LogP contribution in [0.15, 0.2) is 6.33 Å². The summed E-state index contributed by atoms with van der Waals surface area (Å²) in [5.41, 5.74) is -5.63. The van der Waals surface area contributed by atoms with Crippen LogP contribution in [0.5, 0.6) is 0 Å². The van der Waals surface area contributed by atoms with Gasteiger partial charge in [0.15, 0.2) is 43.8 Å². The molecule has 0 aromatic carbocycles. The van der Waals surface area contributed by atoms with E-state index in [1.54, 1.807) is 22.6 Å². The maximum Gasteiger partial charge on any atom is 0.206 e. The first-order chi connectivity index (χ1) is 13.4. The number of hydrogen-bond acceptors (Lipinski definition) is 10. The van der Waals surface area contributed by atoms with E-state index in [9.17, 15) is 29.7 Å². The molecule has 3 N–H and O–H groups in total. The number of Topliss-reactive ketones (excluding diaryl/α,β-unsaturated/α-hetero) is 3. The molecule has 0 amide bonds. The predicted octanol–water partition coefficient (Wildman–Crippen LogP) is -0.428. The van der Waals surface area contributed by atoms with Crippen molar-refractivity contribution in [2.45, 2.75) is 50.4 Å². The van der Waals surface area contributed by atoms with Gasteiger partial charge in [0.05, 0.1) is 6.33 Å². The third kappa shape index (κ3) is 3.00. The molecule has 0 bridgehead atoms. The largest absolute Gasteiger partial charge is 0.382 e. The minimum Gasteiger partial charge on any atom is -0.382 e. The van der Waals surface area contributed by atoms with Crippen molar-refractivity contribution in [1.82, 2.24) is 19.5 Å². The third-order valence-corrected chi connectivity index (χ3v) is 5.75. The number of ketones is 3. The number of rotatable bonds is 5. The number of aromatic nitrogens is 4. The monoisotopic (exact) mass is 538 g/mol. The molecular formula is C16H16ClIN4O7. The molecule has 0 aliphatic carbocycles. The van der Waals surface area contributed by atoms with Gasteiger partial charge in [-0.3, -0.25) is 19.0 Å². The van der Waals surface area contributed by atoms with Gasteiger partial charge in [-0.05, 0) is 20.8 Å². The van der Waals surface area contributed by atoms with E-state index in [2.05, 4.69) is 15.0 Å². The molecular weight excluding hydrogens is 523 g/mol. The number of imidazole rings is 1. The lowest BCUT2D eigenvalue weighted by atomic mass is 9.73. The third-order valence-electron chi connectivity index (χ3n) is 5.01. The normalized spacial score (nSPS) is 30.5. The van der Waals surface area contributed by atoms with E-state index in [0.29, 0.717) is 0 Å². The molecule has 1 aliphatic rings. The summed E-state index contributed by atoms with van der Waals surface area (Å²) in [5, 5.41) is 32.7. The molecule has 3 heterocycles. The summed E-state index contributed by atoms with van der Waals surface area (Å²) >= 11 is 7.84. The van der Waals surface area contributed by atoms with Crippen molar-refractivity contribution in [2.24, 2.45) is 0 Å². The van der Waals surface area contributed by atoms with Gasteiger partial charge in [0.25, 0.3) is 0 Å². The topological polar surface area (TPSA) is 165 Å². The molecule has 156 valence electrons. The highest BCUT2D eigenvalue weighted by molar-refractivity contribution is 14.1. The fraction of sp³-hybridized carbons (Fsp3) is 0.500. The summed E-state index contributed by atoms with van der Waals surface area (Å²) in [5.74, 6) is -2.94. The van der Waals surface area contributed by atoms with Crippen molar-refractivity contribution in [3.8, 4) is 0 Å². The Balaban J connectivity index is 2.30. The SMILES string of the molecule is CC(=O)C(O)[C@H]1O[C@@H](n2cnc3c(Cl)nc(I)nc32)[C@@](O)(C(C)=O)[C@@]1(O)C(C)=O. The number of ether oxygens (including phenoxy) is 1. The molecule has 1 saturated heterocycles. The number of carbonyl (C=O) groups excluding carboxylic acids is 3. The number of carbonyl (C=O) groups is 3. The molecule has 1 unspecified atom stereocenters. The predicted molar refractivity (Wildman–Crippen MR) is 105 cm³/mol. The van der Waals surface area contributed by atoms with Gasteiger partial charge in [-0.25, -0.2) is 15.0 Å². The van der Waals surface area contributed by atoms with Crippen molar-refractivity contribution in [2.75, 3.05) is 0 Å². The summed E-state index contributed by atoms with van der Waals surface area (Å²) in [6, 6.07) is 0. The summed E-state index contributed by atoms with van der Waals surface area (Å²) in [4.78, 5) is 48.7. The maximum absolute atomic E-state index is 12.5. The highest BCUT2D eigenvalue weighted by Crippen LogP contribution is 2.48. The second-order valence-corrected chi connectivity index (χ2v) is 8.04. The molecule has 11 nitrogen and oxygen atoms in total. The van der Waals surface area contributed by atoms with Gasteiger partial charge in [0.2, 0.25) is 5.60 Å². The number of aliphatic hydroxyl groups excluding tert-OH is 1. The lowest BCUT2D eigenvalue weighted by Gasteiger charge is -2.37. The zero-order valence-corrected chi connectivity index (χ0v) is 18.2. The Kier molecular flexibility index (Phi) is 5.55. The Morgan fingerprint density at radius 2 is 1.79 bits per heavy atom. The van der Waals surface area contributed by atoms with E-state index < -0.39 is 47.0 Å². The first-order valence-electron chi connectivity index (χ1n) is 8.23. The van der Waals surface area contributed by atoms with Crippen LogP contribution >= 0.6 is 34.2 Å². The molecule has 3 rings (SSSR count). The zero-order valence-electron chi connectivity index (χ0n) is 15.3. The number of aliphatic hydroxyl groups is 3. The second kappa shape index (κ2) is 7.28. The van der Waals surface area contributed by atoms with Gasteiger partial charge in [-0.2, -0.15) is 0 Å². The van der Waals surface area contributed by atoms with E-state index in [1.807, 2.05) is 0 Å². The molecule has 1 fully saturated rings. The van der Waals surface area contributed by atoms with Crippen molar-refractivity contribution in [3.63, 3.8) is 0 Å². The molecule has 0 saturated carbocycles. The minimum absolute atomic E-state index is 0.00957. The van der Waals surface area contributed by atoms with Crippen LogP contribution in [0, 0.1) is 3.83 Å². The van der Waals surface area contributed by atoms with Crippen LogP contribution < -0.4 is 0 Å². The molecule has 5 atom stereocenters. The second-order valence-electron chi connectivity index (χ2n) is 6.72. The number of nitrogens with zero attached hydrogens (tertiary/aromatic N) is 4. The standard InChI is InChI=1S/C16H16ClIN4O7/c1-5(23)9(26)10-15(27,6(2)24)16(28,7(3)25)13(29-10)22-4-19-8-11(17)20-14(18)21-12(8)22/h4,9-10,13,26-28H,1-3H3/t9?,10-,13-,15-,16+/m1/s1. The van der Waals surface area contributed by atoms with Crippen LogP contribution in [-0.4, -0.2) is 75.6 Å². The van der Waals surface area contributed by atoms with E-state index in [4.69, 9.17) is 16.3 Å². The van der Waals surface area contributed by atoms with Crippen molar-refractivity contribution < 1.29 is 34.4 Å². The van der Waals surface area contributed by atoms with Crippen LogP contribution in [0.25, 0.3) is 11.2 Å². The minimum atomic E-state index is -2.92. The average molecular weight is 539 g/mol. The highest BCUT2D eigenvalue weighted by atomic mass is 127. The zero-order chi connectivity index (χ0) is 21.9. The van der Waals surface area contributed by atoms with Gasteiger partial charge < -0.3 is 20.1 Å². The van der Waals surface area contributed by atoms with Gasteiger partial charge >= 0.3 is 0 Å². The van der Waals surface area contributed by atoms with Crippen LogP contribution in [0.4, 0.5) is 0 Å². The number of halogens is 2. The van der Waals surface area contributed by atoms with Crippen molar-refractivity contribution in [3.05, 3.63) is 15.3 Å². The molecule has 1 aliphatic heterocycles. The molecule has 13 heteroatoms. The molecule has 0 radical (unpaired) electrons. The lowest BCUT2D eigenvalue weighted by molar-refractivity contribution is -0.184. The Labute approximate surface area is 182 Å².